The average Bonchev–Trinajstić information content (AvgIpc) is 3.13. The van der Waals surface area contributed by atoms with Crippen LogP contribution >= 0.6 is 0 Å². The predicted octanol–water partition coefficient (Wildman–Crippen LogP) is 3.87. The second kappa shape index (κ2) is 8.37. The number of nitrogens with zero attached hydrogens (tertiary/aromatic N) is 1. The molecule has 136 valence electrons. The van der Waals surface area contributed by atoms with E-state index in [2.05, 4.69) is 0 Å². The Hall–Kier alpha value is -2.04. The van der Waals surface area contributed by atoms with Gasteiger partial charge in [0.2, 0.25) is 0 Å². The van der Waals surface area contributed by atoms with Crippen LogP contribution in [-0.2, 0) is 4.79 Å². The molecule has 1 atom stereocenters. The van der Waals surface area contributed by atoms with Crippen LogP contribution in [0.25, 0.3) is 0 Å². The third-order valence-electron chi connectivity index (χ3n) is 5.27. The summed E-state index contributed by atoms with van der Waals surface area (Å²) in [6.07, 6.45) is 8.42. The number of likely N-dealkylation sites (tertiary alicyclic amines) is 1. The molecule has 5 nitrogen and oxygen atoms in total. The molecule has 1 aliphatic carbocycles. The van der Waals surface area contributed by atoms with Crippen LogP contribution in [0, 0.1) is 0 Å². The fourth-order valence-electron chi connectivity index (χ4n) is 3.93. The van der Waals surface area contributed by atoms with Gasteiger partial charge in [0, 0.05) is 24.6 Å². The SMILES string of the molecule is O=C(O)CCC1CCCCN1C(=O)c1cccc(OC2CCCC2)c1. The number of ether oxygens (including phenoxy) is 1. The number of carboxylic acids is 1. The number of aliphatic carboxylic acids is 1. The summed E-state index contributed by atoms with van der Waals surface area (Å²) in [4.78, 5) is 25.7. The monoisotopic (exact) mass is 345 g/mol. The molecule has 0 radical (unpaired) electrons. The topological polar surface area (TPSA) is 66.8 Å². The van der Waals surface area contributed by atoms with Gasteiger partial charge in [0.05, 0.1) is 6.10 Å². The standard InChI is InChI=1S/C20H27NO4/c22-19(23)12-11-16-7-3-4-13-21(16)20(24)15-6-5-10-18(14-15)25-17-8-1-2-9-17/h5-6,10,14,16-17H,1-4,7-9,11-13H2,(H,22,23). The summed E-state index contributed by atoms with van der Waals surface area (Å²) < 4.78 is 6.01. The smallest absolute Gasteiger partial charge is 0.303 e. The van der Waals surface area contributed by atoms with Crippen molar-refractivity contribution in [1.29, 1.82) is 0 Å². The summed E-state index contributed by atoms with van der Waals surface area (Å²) in [5, 5.41) is 8.94. The van der Waals surface area contributed by atoms with Gasteiger partial charge in [0.25, 0.3) is 5.91 Å². The predicted molar refractivity (Wildman–Crippen MR) is 94.9 cm³/mol. The number of piperidine rings is 1. The van der Waals surface area contributed by atoms with Crippen molar-refractivity contribution in [2.24, 2.45) is 0 Å². The summed E-state index contributed by atoms with van der Waals surface area (Å²) in [7, 11) is 0. The number of benzene rings is 1. The van der Waals surface area contributed by atoms with E-state index in [1.165, 1.54) is 12.8 Å². The largest absolute Gasteiger partial charge is 0.490 e. The van der Waals surface area contributed by atoms with Gasteiger partial charge in [-0.2, -0.15) is 0 Å². The highest BCUT2D eigenvalue weighted by molar-refractivity contribution is 5.95. The summed E-state index contributed by atoms with van der Waals surface area (Å²) in [6, 6.07) is 7.47. The van der Waals surface area contributed by atoms with E-state index in [0.717, 1.165) is 37.9 Å². The lowest BCUT2D eigenvalue weighted by Gasteiger charge is -2.35. The summed E-state index contributed by atoms with van der Waals surface area (Å²) in [6.45, 7) is 0.705. The van der Waals surface area contributed by atoms with E-state index >= 15 is 0 Å². The lowest BCUT2D eigenvalue weighted by molar-refractivity contribution is -0.137. The fourth-order valence-corrected chi connectivity index (χ4v) is 3.93. The van der Waals surface area contributed by atoms with E-state index in [9.17, 15) is 9.59 Å². The number of rotatable bonds is 6. The normalized spacial score (nSPS) is 21.3. The van der Waals surface area contributed by atoms with E-state index in [-0.39, 0.29) is 24.5 Å². The first-order valence-electron chi connectivity index (χ1n) is 9.43. The van der Waals surface area contributed by atoms with Crippen molar-refractivity contribution in [3.63, 3.8) is 0 Å². The first-order chi connectivity index (χ1) is 12.1. The van der Waals surface area contributed by atoms with Crippen molar-refractivity contribution in [3.05, 3.63) is 29.8 Å². The molecule has 5 heteroatoms. The van der Waals surface area contributed by atoms with Gasteiger partial charge in [-0.15, -0.1) is 0 Å². The first-order valence-corrected chi connectivity index (χ1v) is 9.43. The Bertz CT molecular complexity index is 609. The van der Waals surface area contributed by atoms with Crippen LogP contribution in [0.2, 0.25) is 0 Å². The van der Waals surface area contributed by atoms with Gasteiger partial charge in [-0.25, -0.2) is 0 Å². The Balaban J connectivity index is 1.68. The lowest BCUT2D eigenvalue weighted by atomic mass is 9.97. The Kier molecular flexibility index (Phi) is 5.95. The number of amides is 1. The van der Waals surface area contributed by atoms with Crippen molar-refractivity contribution in [3.8, 4) is 5.75 Å². The molecule has 1 saturated carbocycles. The molecule has 0 spiro atoms. The van der Waals surface area contributed by atoms with Gasteiger partial charge in [0.1, 0.15) is 5.75 Å². The Morgan fingerprint density at radius 3 is 2.64 bits per heavy atom. The van der Waals surface area contributed by atoms with E-state index in [1.54, 1.807) is 0 Å². The zero-order chi connectivity index (χ0) is 17.6. The first kappa shape index (κ1) is 17.8. The minimum atomic E-state index is -0.801. The highest BCUT2D eigenvalue weighted by atomic mass is 16.5. The van der Waals surface area contributed by atoms with E-state index in [1.807, 2.05) is 29.2 Å². The fraction of sp³-hybridized carbons (Fsp3) is 0.600. The van der Waals surface area contributed by atoms with Crippen molar-refractivity contribution in [1.82, 2.24) is 4.90 Å². The highest BCUT2D eigenvalue weighted by Crippen LogP contribution is 2.27. The van der Waals surface area contributed by atoms with E-state index < -0.39 is 5.97 Å². The third kappa shape index (κ3) is 4.74. The Morgan fingerprint density at radius 1 is 1.12 bits per heavy atom. The molecule has 25 heavy (non-hydrogen) atoms. The average molecular weight is 345 g/mol. The van der Waals surface area contributed by atoms with E-state index in [0.29, 0.717) is 18.5 Å². The maximum Gasteiger partial charge on any atom is 0.303 e. The molecule has 1 heterocycles. The molecule has 2 fully saturated rings. The molecular weight excluding hydrogens is 318 g/mol. The summed E-state index contributed by atoms with van der Waals surface area (Å²) >= 11 is 0. The molecule has 1 aromatic carbocycles. The molecular formula is C20H27NO4. The summed E-state index contributed by atoms with van der Waals surface area (Å²) in [5.74, 6) is -0.0475. The minimum absolute atomic E-state index is 0.00744. The number of hydrogen-bond acceptors (Lipinski definition) is 3. The van der Waals surface area contributed by atoms with Crippen LogP contribution in [0.3, 0.4) is 0 Å². The van der Waals surface area contributed by atoms with Crippen LogP contribution in [0.1, 0.15) is 68.1 Å². The Labute approximate surface area is 149 Å². The molecule has 1 N–H and O–H groups in total. The lowest BCUT2D eigenvalue weighted by Crippen LogP contribution is -2.44. The Morgan fingerprint density at radius 2 is 1.88 bits per heavy atom. The second-order valence-corrected chi connectivity index (χ2v) is 7.13. The summed E-state index contributed by atoms with van der Waals surface area (Å²) in [5.41, 5.74) is 0.637. The quantitative estimate of drug-likeness (QED) is 0.850. The molecule has 2 aliphatic rings. The zero-order valence-corrected chi connectivity index (χ0v) is 14.7. The van der Waals surface area contributed by atoms with Crippen molar-refractivity contribution >= 4 is 11.9 Å². The number of carboxylic acid groups (broad SMARTS) is 1. The third-order valence-corrected chi connectivity index (χ3v) is 5.27. The number of hydrogen-bond donors (Lipinski definition) is 1. The molecule has 1 saturated heterocycles. The van der Waals surface area contributed by atoms with Crippen molar-refractivity contribution in [2.75, 3.05) is 6.54 Å². The van der Waals surface area contributed by atoms with Crippen LogP contribution in [-0.4, -0.2) is 40.6 Å². The van der Waals surface area contributed by atoms with Crippen molar-refractivity contribution < 1.29 is 19.4 Å². The maximum absolute atomic E-state index is 13.0. The second-order valence-electron chi connectivity index (χ2n) is 7.13. The van der Waals surface area contributed by atoms with Gasteiger partial charge in [-0.3, -0.25) is 9.59 Å². The molecule has 0 bridgehead atoms. The van der Waals surface area contributed by atoms with Gasteiger partial charge < -0.3 is 14.7 Å². The molecule has 1 amide bonds. The molecule has 0 aromatic heterocycles. The van der Waals surface area contributed by atoms with Crippen LogP contribution < -0.4 is 4.74 Å². The number of carbonyl (C=O) groups is 2. The van der Waals surface area contributed by atoms with Gasteiger partial charge in [0.15, 0.2) is 0 Å². The van der Waals surface area contributed by atoms with Gasteiger partial charge in [-0.05, 0) is 69.6 Å². The van der Waals surface area contributed by atoms with Gasteiger partial charge >= 0.3 is 5.97 Å². The number of carbonyl (C=O) groups excluding carboxylic acids is 1. The van der Waals surface area contributed by atoms with Crippen LogP contribution in [0.4, 0.5) is 0 Å². The van der Waals surface area contributed by atoms with Crippen LogP contribution in [0.15, 0.2) is 24.3 Å². The zero-order valence-electron chi connectivity index (χ0n) is 14.7. The van der Waals surface area contributed by atoms with E-state index in [4.69, 9.17) is 9.84 Å². The van der Waals surface area contributed by atoms with Crippen molar-refractivity contribution in [2.45, 2.75) is 69.9 Å². The van der Waals surface area contributed by atoms with Gasteiger partial charge in [-0.1, -0.05) is 6.07 Å². The molecule has 1 aromatic rings. The molecule has 3 rings (SSSR count). The molecule has 1 unspecified atom stereocenters. The molecule has 1 aliphatic heterocycles. The highest BCUT2D eigenvalue weighted by Gasteiger charge is 2.28. The minimum Gasteiger partial charge on any atom is -0.490 e. The van der Waals surface area contributed by atoms with Crippen LogP contribution in [0.5, 0.6) is 5.75 Å². The maximum atomic E-state index is 13.0.